The zero-order chi connectivity index (χ0) is 18.3. The summed E-state index contributed by atoms with van der Waals surface area (Å²) in [5.74, 6) is 0.465. The molecule has 1 amide bonds. The Hall–Kier alpha value is -2.59. The quantitative estimate of drug-likeness (QED) is 0.589. The Kier molecular flexibility index (Phi) is 6.37. The van der Waals surface area contributed by atoms with Crippen molar-refractivity contribution in [2.45, 2.75) is 17.9 Å². The molecule has 3 N–H and O–H groups in total. The fourth-order valence-electron chi connectivity index (χ4n) is 2.03. The van der Waals surface area contributed by atoms with Crippen molar-refractivity contribution in [3.63, 3.8) is 0 Å². The molecule has 0 bridgehead atoms. The van der Waals surface area contributed by atoms with Gasteiger partial charge in [-0.25, -0.2) is 13.1 Å². The first kappa shape index (κ1) is 18.7. The van der Waals surface area contributed by atoms with Crippen LogP contribution in [0.4, 0.5) is 0 Å². The highest BCUT2D eigenvalue weighted by molar-refractivity contribution is 7.89. The van der Waals surface area contributed by atoms with E-state index in [1.165, 1.54) is 32.4 Å². The number of rotatable bonds is 9. The van der Waals surface area contributed by atoms with E-state index in [2.05, 4.69) is 20.2 Å². The van der Waals surface area contributed by atoms with Gasteiger partial charge in [0.05, 0.1) is 31.4 Å². The second-order valence-electron chi connectivity index (χ2n) is 5.02. The molecule has 0 fully saturated rings. The molecule has 1 aromatic heterocycles. The van der Waals surface area contributed by atoms with Gasteiger partial charge in [0.2, 0.25) is 15.9 Å². The number of sulfonamides is 1. The van der Waals surface area contributed by atoms with Crippen LogP contribution in [0, 0.1) is 0 Å². The molecule has 0 saturated heterocycles. The summed E-state index contributed by atoms with van der Waals surface area (Å²) >= 11 is 0. The zero-order valence-electron chi connectivity index (χ0n) is 13.9. The monoisotopic (exact) mass is 368 g/mol. The SMILES string of the molecule is COc1ccc(S(=O)(=O)NCCC(=O)NCc2ccn[nH]2)cc1OC. The van der Waals surface area contributed by atoms with Crippen LogP contribution in [0.2, 0.25) is 0 Å². The van der Waals surface area contributed by atoms with E-state index in [1.54, 1.807) is 12.3 Å². The minimum Gasteiger partial charge on any atom is -0.493 e. The first-order chi connectivity index (χ1) is 12.0. The molecular weight excluding hydrogens is 348 g/mol. The lowest BCUT2D eigenvalue weighted by Gasteiger charge is -2.11. The molecule has 0 saturated carbocycles. The lowest BCUT2D eigenvalue weighted by molar-refractivity contribution is -0.121. The van der Waals surface area contributed by atoms with Gasteiger partial charge in [-0.3, -0.25) is 9.89 Å². The summed E-state index contributed by atoms with van der Waals surface area (Å²) in [6, 6.07) is 6.01. The fraction of sp³-hybridized carbons (Fsp3) is 0.333. The molecule has 2 rings (SSSR count). The van der Waals surface area contributed by atoms with Crippen LogP contribution in [0.3, 0.4) is 0 Å². The van der Waals surface area contributed by atoms with Crippen LogP contribution in [-0.4, -0.2) is 45.3 Å². The van der Waals surface area contributed by atoms with Crippen molar-refractivity contribution in [2.24, 2.45) is 0 Å². The third kappa shape index (κ3) is 5.19. The molecule has 0 unspecified atom stereocenters. The lowest BCUT2D eigenvalue weighted by Crippen LogP contribution is -2.30. The number of aromatic nitrogens is 2. The van der Waals surface area contributed by atoms with Gasteiger partial charge in [-0.15, -0.1) is 0 Å². The number of carbonyl (C=O) groups excluding carboxylic acids is 1. The summed E-state index contributed by atoms with van der Waals surface area (Å²) in [5, 5.41) is 9.15. The van der Waals surface area contributed by atoms with Crippen molar-refractivity contribution in [1.29, 1.82) is 0 Å². The summed E-state index contributed by atoms with van der Waals surface area (Å²) < 4.78 is 37.1. The van der Waals surface area contributed by atoms with Crippen molar-refractivity contribution in [1.82, 2.24) is 20.2 Å². The molecule has 9 nitrogen and oxygen atoms in total. The van der Waals surface area contributed by atoms with E-state index < -0.39 is 10.0 Å². The average Bonchev–Trinajstić information content (AvgIpc) is 3.12. The Morgan fingerprint density at radius 1 is 1.20 bits per heavy atom. The second kappa shape index (κ2) is 8.49. The fourth-order valence-corrected chi connectivity index (χ4v) is 3.08. The Labute approximate surface area is 145 Å². The highest BCUT2D eigenvalue weighted by Gasteiger charge is 2.17. The highest BCUT2D eigenvalue weighted by Crippen LogP contribution is 2.29. The molecular formula is C15H20N4O5S. The molecule has 0 aliphatic carbocycles. The largest absolute Gasteiger partial charge is 0.493 e. The predicted octanol–water partition coefficient (Wildman–Crippen LogP) is 0.412. The minimum atomic E-state index is -3.75. The molecule has 25 heavy (non-hydrogen) atoms. The van der Waals surface area contributed by atoms with E-state index in [9.17, 15) is 13.2 Å². The van der Waals surface area contributed by atoms with Gasteiger partial charge in [0.25, 0.3) is 0 Å². The third-order valence-corrected chi connectivity index (χ3v) is 4.80. The van der Waals surface area contributed by atoms with Crippen LogP contribution in [0.15, 0.2) is 35.4 Å². The third-order valence-electron chi connectivity index (χ3n) is 3.34. The van der Waals surface area contributed by atoms with Crippen molar-refractivity contribution in [3.8, 4) is 11.5 Å². The maximum atomic E-state index is 12.3. The Balaban J connectivity index is 1.87. The number of aromatic amines is 1. The van der Waals surface area contributed by atoms with E-state index in [-0.39, 0.29) is 23.8 Å². The maximum absolute atomic E-state index is 12.3. The summed E-state index contributed by atoms with van der Waals surface area (Å²) in [7, 11) is -0.867. The van der Waals surface area contributed by atoms with Gasteiger partial charge in [0.1, 0.15) is 0 Å². The molecule has 0 spiro atoms. The standard InChI is InChI=1S/C15H20N4O5S/c1-23-13-4-3-12(9-14(13)24-2)25(21,22)18-8-6-15(20)16-10-11-5-7-17-19-11/h3-5,7,9,18H,6,8,10H2,1-2H3,(H,16,20)(H,17,19). The lowest BCUT2D eigenvalue weighted by atomic mass is 10.3. The molecule has 10 heteroatoms. The first-order valence-corrected chi connectivity index (χ1v) is 8.91. The summed E-state index contributed by atoms with van der Waals surface area (Å²) in [5.41, 5.74) is 0.763. The predicted molar refractivity (Wildman–Crippen MR) is 89.8 cm³/mol. The van der Waals surface area contributed by atoms with Crippen LogP contribution in [-0.2, 0) is 21.4 Å². The molecule has 0 aliphatic rings. The highest BCUT2D eigenvalue weighted by atomic mass is 32.2. The van der Waals surface area contributed by atoms with E-state index in [4.69, 9.17) is 9.47 Å². The summed E-state index contributed by atoms with van der Waals surface area (Å²) in [6.45, 7) is 0.284. The van der Waals surface area contributed by atoms with Crippen LogP contribution in [0.5, 0.6) is 11.5 Å². The van der Waals surface area contributed by atoms with Gasteiger partial charge in [-0.05, 0) is 18.2 Å². The smallest absolute Gasteiger partial charge is 0.240 e. The van der Waals surface area contributed by atoms with Gasteiger partial charge in [-0.1, -0.05) is 0 Å². The van der Waals surface area contributed by atoms with E-state index in [1.807, 2.05) is 0 Å². The summed E-state index contributed by atoms with van der Waals surface area (Å²) in [6.07, 6.45) is 1.60. The average molecular weight is 368 g/mol. The molecule has 0 aliphatic heterocycles. The van der Waals surface area contributed by atoms with Crippen LogP contribution >= 0.6 is 0 Å². The van der Waals surface area contributed by atoms with E-state index in [0.29, 0.717) is 18.0 Å². The van der Waals surface area contributed by atoms with Crippen LogP contribution in [0.25, 0.3) is 0 Å². The molecule has 2 aromatic rings. The van der Waals surface area contributed by atoms with Gasteiger partial charge in [0, 0.05) is 25.2 Å². The Morgan fingerprint density at radius 2 is 1.96 bits per heavy atom. The second-order valence-corrected chi connectivity index (χ2v) is 6.79. The first-order valence-electron chi connectivity index (χ1n) is 7.43. The number of ether oxygens (including phenoxy) is 2. The number of hydrogen-bond donors (Lipinski definition) is 3. The molecule has 0 radical (unpaired) electrons. The van der Waals surface area contributed by atoms with Crippen molar-refractivity contribution in [3.05, 3.63) is 36.2 Å². The molecule has 136 valence electrons. The Bertz CT molecular complexity index is 805. The van der Waals surface area contributed by atoms with E-state index in [0.717, 1.165) is 5.69 Å². The van der Waals surface area contributed by atoms with Gasteiger partial charge in [-0.2, -0.15) is 5.10 Å². The number of H-pyrrole nitrogens is 1. The van der Waals surface area contributed by atoms with Crippen molar-refractivity contribution < 1.29 is 22.7 Å². The molecule has 1 heterocycles. The number of carbonyl (C=O) groups is 1. The normalized spacial score (nSPS) is 11.1. The Morgan fingerprint density at radius 3 is 2.60 bits per heavy atom. The van der Waals surface area contributed by atoms with Gasteiger partial charge < -0.3 is 14.8 Å². The number of benzene rings is 1. The van der Waals surface area contributed by atoms with Crippen molar-refractivity contribution in [2.75, 3.05) is 20.8 Å². The number of nitrogens with zero attached hydrogens (tertiary/aromatic N) is 1. The maximum Gasteiger partial charge on any atom is 0.240 e. The van der Waals surface area contributed by atoms with Crippen LogP contribution in [0.1, 0.15) is 12.1 Å². The van der Waals surface area contributed by atoms with Crippen LogP contribution < -0.4 is 19.5 Å². The van der Waals surface area contributed by atoms with E-state index >= 15 is 0 Å². The number of amides is 1. The number of methoxy groups -OCH3 is 2. The molecule has 1 aromatic carbocycles. The van der Waals surface area contributed by atoms with Crippen molar-refractivity contribution >= 4 is 15.9 Å². The number of hydrogen-bond acceptors (Lipinski definition) is 6. The topological polar surface area (TPSA) is 122 Å². The van der Waals surface area contributed by atoms with Gasteiger partial charge in [0.15, 0.2) is 11.5 Å². The van der Waals surface area contributed by atoms with Gasteiger partial charge >= 0.3 is 0 Å². The minimum absolute atomic E-state index is 0.0145. The molecule has 0 atom stereocenters. The zero-order valence-corrected chi connectivity index (χ0v) is 14.7. The summed E-state index contributed by atoms with van der Waals surface area (Å²) in [4.78, 5) is 11.8. The number of nitrogens with one attached hydrogen (secondary N) is 3.